The lowest BCUT2D eigenvalue weighted by Gasteiger charge is -2.11. The van der Waals surface area contributed by atoms with E-state index in [-0.39, 0.29) is 6.04 Å². The van der Waals surface area contributed by atoms with Gasteiger partial charge in [0.1, 0.15) is 5.76 Å². The number of nitrogens with one attached hydrogen (secondary N) is 1. The van der Waals surface area contributed by atoms with Crippen LogP contribution in [0.2, 0.25) is 5.22 Å². The number of aryl methyl sites for hydroxylation is 1. The van der Waals surface area contributed by atoms with Gasteiger partial charge in [0.2, 0.25) is 0 Å². The Kier molecular flexibility index (Phi) is 3.14. The van der Waals surface area contributed by atoms with E-state index in [2.05, 4.69) is 23.7 Å². The molecule has 0 aromatic carbocycles. The fourth-order valence-corrected chi connectivity index (χ4v) is 2.45. The number of furan rings is 1. The molecule has 15 heavy (non-hydrogen) atoms. The molecule has 2 heterocycles. The van der Waals surface area contributed by atoms with E-state index in [0.29, 0.717) is 5.22 Å². The first kappa shape index (κ1) is 10.7. The molecule has 0 fully saturated rings. The van der Waals surface area contributed by atoms with Crippen LogP contribution in [0.4, 0.5) is 0 Å². The first-order valence-electron chi connectivity index (χ1n) is 4.68. The molecule has 0 aliphatic carbocycles. The Balaban J connectivity index is 2.32. The Morgan fingerprint density at radius 1 is 1.47 bits per heavy atom. The Hall–Kier alpha value is -0.770. The van der Waals surface area contributed by atoms with Gasteiger partial charge < -0.3 is 9.73 Å². The summed E-state index contributed by atoms with van der Waals surface area (Å²) in [4.78, 5) is 1.29. The Morgan fingerprint density at radius 3 is 2.73 bits per heavy atom. The topological polar surface area (TPSA) is 25.2 Å². The molecule has 2 nitrogen and oxygen atoms in total. The third-order valence-electron chi connectivity index (χ3n) is 2.25. The minimum absolute atomic E-state index is 0.0856. The minimum Gasteiger partial charge on any atom is -0.448 e. The second-order valence-electron chi connectivity index (χ2n) is 3.35. The minimum atomic E-state index is 0.0856. The lowest BCUT2D eigenvalue weighted by molar-refractivity contribution is 0.465. The van der Waals surface area contributed by atoms with E-state index < -0.39 is 0 Å². The Morgan fingerprint density at radius 2 is 2.27 bits per heavy atom. The molecule has 0 amide bonds. The molecule has 1 N–H and O–H groups in total. The van der Waals surface area contributed by atoms with Gasteiger partial charge in [-0.25, -0.2) is 0 Å². The predicted octanol–water partition coefficient (Wildman–Crippen LogP) is 3.61. The van der Waals surface area contributed by atoms with Crippen molar-refractivity contribution >= 4 is 22.9 Å². The molecule has 0 aliphatic heterocycles. The van der Waals surface area contributed by atoms with Crippen LogP contribution in [0.15, 0.2) is 28.0 Å². The van der Waals surface area contributed by atoms with Crippen LogP contribution >= 0.6 is 22.9 Å². The van der Waals surface area contributed by atoms with Gasteiger partial charge in [0.05, 0.1) is 6.04 Å². The standard InChI is InChI=1S/C11H12ClNOS/c1-7-5-8(6-15-7)11(13-2)9-3-4-10(12)14-9/h3-6,11,13H,1-2H3. The van der Waals surface area contributed by atoms with Gasteiger partial charge in [-0.15, -0.1) is 11.3 Å². The zero-order chi connectivity index (χ0) is 10.8. The molecule has 2 aromatic heterocycles. The Labute approximate surface area is 97.9 Å². The van der Waals surface area contributed by atoms with Crippen LogP contribution in [0, 0.1) is 6.92 Å². The molecule has 0 spiro atoms. The monoisotopic (exact) mass is 241 g/mol. The van der Waals surface area contributed by atoms with Crippen molar-refractivity contribution in [2.24, 2.45) is 0 Å². The Bertz CT molecular complexity index is 409. The summed E-state index contributed by atoms with van der Waals surface area (Å²) < 4.78 is 5.41. The third-order valence-corrected chi connectivity index (χ3v) is 3.33. The van der Waals surface area contributed by atoms with E-state index in [0.717, 1.165) is 5.76 Å². The van der Waals surface area contributed by atoms with Gasteiger partial charge in [0.15, 0.2) is 5.22 Å². The molecule has 0 aliphatic rings. The normalized spacial score (nSPS) is 13.0. The molecule has 2 aromatic rings. The highest BCUT2D eigenvalue weighted by atomic mass is 35.5. The molecule has 0 saturated heterocycles. The summed E-state index contributed by atoms with van der Waals surface area (Å²) in [6.45, 7) is 2.09. The van der Waals surface area contributed by atoms with Gasteiger partial charge in [0, 0.05) is 4.88 Å². The van der Waals surface area contributed by atoms with E-state index in [9.17, 15) is 0 Å². The van der Waals surface area contributed by atoms with Crippen LogP contribution in [0.5, 0.6) is 0 Å². The SMILES string of the molecule is CNC(c1csc(C)c1)c1ccc(Cl)o1. The second kappa shape index (κ2) is 4.39. The van der Waals surface area contributed by atoms with Crippen LogP contribution in [0.3, 0.4) is 0 Å². The fraction of sp³-hybridized carbons (Fsp3) is 0.273. The van der Waals surface area contributed by atoms with Crippen molar-refractivity contribution in [3.8, 4) is 0 Å². The second-order valence-corrected chi connectivity index (χ2v) is 4.84. The number of halogens is 1. The van der Waals surface area contributed by atoms with Crippen LogP contribution in [0.1, 0.15) is 22.2 Å². The molecule has 1 unspecified atom stereocenters. The van der Waals surface area contributed by atoms with Gasteiger partial charge in [-0.2, -0.15) is 0 Å². The van der Waals surface area contributed by atoms with Gasteiger partial charge in [-0.1, -0.05) is 0 Å². The molecular weight excluding hydrogens is 230 g/mol. The highest BCUT2D eigenvalue weighted by Crippen LogP contribution is 2.28. The average Bonchev–Trinajstić information content (AvgIpc) is 2.78. The maximum Gasteiger partial charge on any atom is 0.193 e. The highest BCUT2D eigenvalue weighted by molar-refractivity contribution is 7.10. The van der Waals surface area contributed by atoms with E-state index in [1.54, 1.807) is 17.4 Å². The quantitative estimate of drug-likeness (QED) is 0.888. The van der Waals surface area contributed by atoms with Crippen LogP contribution in [0.25, 0.3) is 0 Å². The number of rotatable bonds is 3. The lowest BCUT2D eigenvalue weighted by Crippen LogP contribution is -2.16. The van der Waals surface area contributed by atoms with Crippen LogP contribution < -0.4 is 5.32 Å². The largest absolute Gasteiger partial charge is 0.448 e. The highest BCUT2D eigenvalue weighted by Gasteiger charge is 2.16. The van der Waals surface area contributed by atoms with Crippen molar-refractivity contribution in [1.82, 2.24) is 5.32 Å². The summed E-state index contributed by atoms with van der Waals surface area (Å²) >= 11 is 7.50. The maximum absolute atomic E-state index is 5.76. The summed E-state index contributed by atoms with van der Waals surface area (Å²) in [7, 11) is 1.91. The number of thiophene rings is 1. The summed E-state index contributed by atoms with van der Waals surface area (Å²) in [6, 6.07) is 5.90. The summed E-state index contributed by atoms with van der Waals surface area (Å²) in [5.41, 5.74) is 1.21. The molecule has 2 rings (SSSR count). The zero-order valence-electron chi connectivity index (χ0n) is 8.58. The molecule has 0 saturated carbocycles. The zero-order valence-corrected chi connectivity index (χ0v) is 10.2. The van der Waals surface area contributed by atoms with Crippen molar-refractivity contribution in [1.29, 1.82) is 0 Å². The van der Waals surface area contributed by atoms with Crippen molar-refractivity contribution in [3.05, 3.63) is 45.0 Å². The predicted molar refractivity (Wildman–Crippen MR) is 63.7 cm³/mol. The van der Waals surface area contributed by atoms with Crippen molar-refractivity contribution < 1.29 is 4.42 Å². The van der Waals surface area contributed by atoms with Gasteiger partial charge in [-0.3, -0.25) is 0 Å². The van der Waals surface area contributed by atoms with Gasteiger partial charge in [0.25, 0.3) is 0 Å². The van der Waals surface area contributed by atoms with E-state index >= 15 is 0 Å². The molecule has 80 valence electrons. The molecule has 0 radical (unpaired) electrons. The van der Waals surface area contributed by atoms with Crippen molar-refractivity contribution in [2.45, 2.75) is 13.0 Å². The lowest BCUT2D eigenvalue weighted by atomic mass is 10.1. The average molecular weight is 242 g/mol. The molecule has 4 heteroatoms. The fourth-order valence-electron chi connectivity index (χ4n) is 1.57. The molecular formula is C11H12ClNOS. The summed E-state index contributed by atoms with van der Waals surface area (Å²) in [6.07, 6.45) is 0. The number of hydrogen-bond acceptors (Lipinski definition) is 3. The van der Waals surface area contributed by atoms with Gasteiger partial charge >= 0.3 is 0 Å². The first-order valence-corrected chi connectivity index (χ1v) is 5.94. The summed E-state index contributed by atoms with van der Waals surface area (Å²) in [5, 5.41) is 5.78. The molecule has 1 atom stereocenters. The third kappa shape index (κ3) is 2.25. The van der Waals surface area contributed by atoms with E-state index in [1.807, 2.05) is 13.1 Å². The maximum atomic E-state index is 5.76. The van der Waals surface area contributed by atoms with E-state index in [1.165, 1.54) is 10.4 Å². The van der Waals surface area contributed by atoms with Crippen LogP contribution in [-0.2, 0) is 0 Å². The van der Waals surface area contributed by atoms with Crippen molar-refractivity contribution in [2.75, 3.05) is 7.05 Å². The summed E-state index contributed by atoms with van der Waals surface area (Å²) in [5.74, 6) is 0.848. The van der Waals surface area contributed by atoms with Crippen LogP contribution in [-0.4, -0.2) is 7.05 Å². The van der Waals surface area contributed by atoms with Gasteiger partial charge in [-0.05, 0) is 54.7 Å². The van der Waals surface area contributed by atoms with E-state index in [4.69, 9.17) is 16.0 Å². The number of hydrogen-bond donors (Lipinski definition) is 1. The first-order chi connectivity index (χ1) is 7.20. The van der Waals surface area contributed by atoms with Crippen molar-refractivity contribution in [3.63, 3.8) is 0 Å². The smallest absolute Gasteiger partial charge is 0.193 e. The molecule has 0 bridgehead atoms.